The van der Waals surface area contributed by atoms with Crippen LogP contribution in [0.1, 0.15) is 52.0 Å². The molecule has 1 fully saturated rings. The molecule has 0 radical (unpaired) electrons. The van der Waals surface area contributed by atoms with Crippen LogP contribution in [-0.2, 0) is 4.79 Å². The quantitative estimate of drug-likeness (QED) is 0.263. The van der Waals surface area contributed by atoms with Crippen LogP contribution in [-0.4, -0.2) is 38.8 Å². The van der Waals surface area contributed by atoms with E-state index < -0.39 is 5.97 Å². The van der Waals surface area contributed by atoms with Crippen molar-refractivity contribution in [2.75, 3.05) is 17.3 Å². The highest BCUT2D eigenvalue weighted by atomic mass is 32.1. The fourth-order valence-electron chi connectivity index (χ4n) is 5.32. The van der Waals surface area contributed by atoms with Crippen molar-refractivity contribution in [3.63, 3.8) is 0 Å². The van der Waals surface area contributed by atoms with Crippen LogP contribution >= 0.6 is 12.2 Å². The average Bonchev–Trinajstić information content (AvgIpc) is 3.43. The summed E-state index contributed by atoms with van der Waals surface area (Å²) >= 11 is 5.89. The minimum Gasteiger partial charge on any atom is -0.495 e. The molecule has 1 amide bonds. The van der Waals surface area contributed by atoms with Gasteiger partial charge in [-0.1, -0.05) is 6.07 Å². The average molecular weight is 556 g/mol. The second-order valence-electron chi connectivity index (χ2n) is 9.58. The SMILES string of the molecule is COc1ccc(N2C(=S)N[C@@H](c3ccccn3)[C@@H]2c2cc(C)n(-c3ccc(C(=O)O)cc3)c2C)cc1NC(C)=O. The van der Waals surface area contributed by atoms with Gasteiger partial charge >= 0.3 is 5.97 Å². The molecular formula is C30H29N5O4S. The van der Waals surface area contributed by atoms with Crippen molar-refractivity contribution in [3.8, 4) is 11.4 Å². The number of thiocarbonyl (C=S) groups is 1. The summed E-state index contributed by atoms with van der Waals surface area (Å²) < 4.78 is 7.58. The van der Waals surface area contributed by atoms with E-state index in [4.69, 9.17) is 17.0 Å². The summed E-state index contributed by atoms with van der Waals surface area (Å²) in [7, 11) is 1.56. The number of benzene rings is 2. The predicted molar refractivity (Wildman–Crippen MR) is 157 cm³/mol. The molecule has 3 heterocycles. The highest BCUT2D eigenvalue weighted by Gasteiger charge is 2.42. The first-order valence-corrected chi connectivity index (χ1v) is 13.1. The number of aromatic nitrogens is 2. The Morgan fingerprint density at radius 2 is 1.77 bits per heavy atom. The maximum atomic E-state index is 11.9. The van der Waals surface area contributed by atoms with E-state index in [1.807, 2.05) is 67.3 Å². The highest BCUT2D eigenvalue weighted by molar-refractivity contribution is 7.80. The summed E-state index contributed by atoms with van der Waals surface area (Å²) in [6, 6.07) is 19.8. The fourth-order valence-corrected chi connectivity index (χ4v) is 5.67. The largest absolute Gasteiger partial charge is 0.495 e. The lowest BCUT2D eigenvalue weighted by Crippen LogP contribution is -2.29. The standard InChI is InChI=1S/C30H29N5O4S/c1-17-15-23(18(2)34(17)21-10-8-20(9-11-21)29(37)38)28-27(24-7-5-6-14-31-24)33-30(40)35(28)22-12-13-26(39-4)25(16-22)32-19(3)36/h5-16,27-28H,1-4H3,(H,32,36)(H,33,40)(H,37,38)/t27-,28-/m0/s1. The Morgan fingerprint density at radius 1 is 1.05 bits per heavy atom. The molecule has 0 spiro atoms. The van der Waals surface area contributed by atoms with E-state index >= 15 is 0 Å². The molecule has 1 saturated heterocycles. The van der Waals surface area contributed by atoms with E-state index in [9.17, 15) is 14.7 Å². The third-order valence-corrected chi connectivity index (χ3v) is 7.35. The van der Waals surface area contributed by atoms with Gasteiger partial charge in [-0.25, -0.2) is 4.79 Å². The van der Waals surface area contributed by atoms with Gasteiger partial charge in [0.15, 0.2) is 5.11 Å². The van der Waals surface area contributed by atoms with Crippen LogP contribution in [0.2, 0.25) is 0 Å². The van der Waals surface area contributed by atoms with Crippen molar-refractivity contribution in [3.05, 3.63) is 101 Å². The molecule has 9 nitrogen and oxygen atoms in total. The molecule has 10 heteroatoms. The molecule has 2 aromatic carbocycles. The maximum Gasteiger partial charge on any atom is 0.335 e. The zero-order chi connectivity index (χ0) is 28.6. The zero-order valence-electron chi connectivity index (χ0n) is 22.5. The number of methoxy groups -OCH3 is 1. The maximum absolute atomic E-state index is 11.9. The first-order chi connectivity index (χ1) is 19.2. The van der Waals surface area contributed by atoms with Gasteiger partial charge in [0.25, 0.3) is 0 Å². The van der Waals surface area contributed by atoms with E-state index in [0.29, 0.717) is 16.5 Å². The highest BCUT2D eigenvalue weighted by Crippen LogP contribution is 2.45. The molecule has 0 unspecified atom stereocenters. The van der Waals surface area contributed by atoms with Crippen LogP contribution < -0.4 is 20.3 Å². The Kier molecular flexibility index (Phi) is 7.27. The van der Waals surface area contributed by atoms with Crippen molar-refractivity contribution >= 4 is 40.6 Å². The second kappa shape index (κ2) is 10.8. The molecule has 2 aromatic heterocycles. The van der Waals surface area contributed by atoms with Crippen LogP contribution in [0.25, 0.3) is 5.69 Å². The number of ether oxygens (including phenoxy) is 1. The summed E-state index contributed by atoms with van der Waals surface area (Å²) in [5, 5.41) is 16.2. The van der Waals surface area contributed by atoms with E-state index in [0.717, 1.165) is 34.0 Å². The van der Waals surface area contributed by atoms with E-state index in [2.05, 4.69) is 26.3 Å². The fraction of sp³-hybridized carbons (Fsp3) is 0.200. The number of nitrogens with one attached hydrogen (secondary N) is 2. The van der Waals surface area contributed by atoms with Crippen LogP contribution in [0.5, 0.6) is 5.75 Å². The summed E-state index contributed by atoms with van der Waals surface area (Å²) in [6.45, 7) is 5.51. The number of pyridine rings is 1. The molecule has 204 valence electrons. The number of nitrogens with zero attached hydrogens (tertiary/aromatic N) is 3. The smallest absolute Gasteiger partial charge is 0.335 e. The van der Waals surface area contributed by atoms with Crippen molar-refractivity contribution in [1.29, 1.82) is 0 Å². The van der Waals surface area contributed by atoms with E-state index in [1.54, 1.807) is 25.4 Å². The number of rotatable bonds is 7. The number of aryl methyl sites for hydroxylation is 1. The Balaban J connectivity index is 1.66. The first kappa shape index (κ1) is 26.9. The molecule has 5 rings (SSSR count). The molecule has 0 saturated carbocycles. The lowest BCUT2D eigenvalue weighted by molar-refractivity contribution is -0.114. The molecule has 1 aliphatic rings. The third kappa shape index (κ3) is 4.89. The second-order valence-corrected chi connectivity index (χ2v) is 9.96. The molecule has 0 aliphatic carbocycles. The zero-order valence-corrected chi connectivity index (χ0v) is 23.3. The van der Waals surface area contributed by atoms with Crippen molar-refractivity contribution in [1.82, 2.24) is 14.9 Å². The Bertz CT molecular complexity index is 1600. The van der Waals surface area contributed by atoms with Crippen molar-refractivity contribution in [2.24, 2.45) is 0 Å². The normalized spacial score (nSPS) is 16.5. The number of carbonyl (C=O) groups excluding carboxylic acids is 1. The summed E-state index contributed by atoms with van der Waals surface area (Å²) in [4.78, 5) is 30.0. The van der Waals surface area contributed by atoms with Gasteiger partial charge in [0.05, 0.1) is 36.1 Å². The number of carboxylic acid groups (broad SMARTS) is 1. The number of amides is 1. The summed E-state index contributed by atoms with van der Waals surface area (Å²) in [5.74, 6) is -0.638. The topological polar surface area (TPSA) is 109 Å². The van der Waals surface area contributed by atoms with Crippen LogP contribution in [0, 0.1) is 13.8 Å². The molecule has 1 aliphatic heterocycles. The first-order valence-electron chi connectivity index (χ1n) is 12.7. The Morgan fingerprint density at radius 3 is 2.40 bits per heavy atom. The van der Waals surface area contributed by atoms with Crippen molar-refractivity contribution < 1.29 is 19.4 Å². The van der Waals surface area contributed by atoms with E-state index in [-0.39, 0.29) is 23.6 Å². The van der Waals surface area contributed by atoms with E-state index in [1.165, 1.54) is 6.92 Å². The predicted octanol–water partition coefficient (Wildman–Crippen LogP) is 5.33. The van der Waals surface area contributed by atoms with Crippen LogP contribution in [0.15, 0.2) is 72.9 Å². The molecule has 4 aromatic rings. The minimum atomic E-state index is -0.967. The Hall–Kier alpha value is -4.70. The lowest BCUT2D eigenvalue weighted by atomic mass is 9.96. The number of anilines is 2. The van der Waals surface area contributed by atoms with Gasteiger partial charge in [-0.3, -0.25) is 9.78 Å². The van der Waals surface area contributed by atoms with Gasteiger partial charge in [-0.2, -0.15) is 0 Å². The van der Waals surface area contributed by atoms with Gasteiger partial charge in [0.1, 0.15) is 5.75 Å². The monoisotopic (exact) mass is 555 g/mol. The number of hydrogen-bond acceptors (Lipinski definition) is 5. The number of hydrogen-bond donors (Lipinski definition) is 3. The van der Waals surface area contributed by atoms with Gasteiger partial charge < -0.3 is 29.9 Å². The summed E-state index contributed by atoms with van der Waals surface area (Å²) in [5.41, 5.74) is 6.25. The molecule has 40 heavy (non-hydrogen) atoms. The molecule has 3 N–H and O–H groups in total. The number of carbonyl (C=O) groups is 2. The van der Waals surface area contributed by atoms with Crippen LogP contribution in [0.4, 0.5) is 11.4 Å². The van der Waals surface area contributed by atoms with Crippen LogP contribution in [0.3, 0.4) is 0 Å². The summed E-state index contributed by atoms with van der Waals surface area (Å²) in [6.07, 6.45) is 1.76. The molecular weight excluding hydrogens is 526 g/mol. The van der Waals surface area contributed by atoms with Gasteiger partial charge in [0, 0.05) is 35.9 Å². The van der Waals surface area contributed by atoms with Gasteiger partial charge in [-0.05, 0) is 92.3 Å². The van der Waals surface area contributed by atoms with Gasteiger partial charge in [-0.15, -0.1) is 0 Å². The minimum absolute atomic E-state index is 0.210. The lowest BCUT2D eigenvalue weighted by Gasteiger charge is -2.29. The molecule has 0 bridgehead atoms. The van der Waals surface area contributed by atoms with Gasteiger partial charge in [0.2, 0.25) is 5.91 Å². The Labute approximate surface area is 237 Å². The number of aromatic carboxylic acids is 1. The molecule has 2 atom stereocenters. The third-order valence-electron chi connectivity index (χ3n) is 7.03. The number of carboxylic acids is 1. The van der Waals surface area contributed by atoms with Crippen molar-refractivity contribution in [2.45, 2.75) is 32.9 Å².